The average molecular weight is 348 g/mol. The van der Waals surface area contributed by atoms with Crippen molar-refractivity contribution in [1.82, 2.24) is 5.32 Å². The molecule has 0 atom stereocenters. The highest BCUT2D eigenvalue weighted by Crippen LogP contribution is 2.36. The lowest BCUT2D eigenvalue weighted by molar-refractivity contribution is 0.185. The van der Waals surface area contributed by atoms with Gasteiger partial charge in [0.25, 0.3) is 0 Å². The number of methoxy groups -OCH3 is 1. The van der Waals surface area contributed by atoms with Crippen LogP contribution in [0.5, 0.6) is 0 Å². The highest BCUT2D eigenvalue weighted by molar-refractivity contribution is 7.98. The van der Waals surface area contributed by atoms with Crippen molar-refractivity contribution in [2.75, 3.05) is 20.2 Å². The van der Waals surface area contributed by atoms with Crippen LogP contribution in [-0.2, 0) is 29.9 Å². The summed E-state index contributed by atoms with van der Waals surface area (Å²) in [6.45, 7) is 2.75. The predicted octanol–water partition coefficient (Wildman–Crippen LogP) is 4.47. The number of ether oxygens (including phenoxy) is 1. The van der Waals surface area contributed by atoms with Crippen LogP contribution in [0.3, 0.4) is 0 Å². The zero-order valence-corrected chi connectivity index (χ0v) is 15.0. The van der Waals surface area contributed by atoms with Gasteiger partial charge in [0.15, 0.2) is 0 Å². The molecular weight excluding hydrogens is 326 g/mol. The maximum absolute atomic E-state index is 6.49. The molecule has 0 spiro atoms. The summed E-state index contributed by atoms with van der Waals surface area (Å²) in [5.74, 6) is 0.941. The fraction of sp³-hybridized carbons (Fsp3) is 0.368. The number of nitrogens with one attached hydrogen (secondary N) is 1. The molecule has 3 rings (SSSR count). The second-order valence-corrected chi connectivity index (χ2v) is 7.20. The molecule has 122 valence electrons. The summed E-state index contributed by atoms with van der Waals surface area (Å²) in [4.78, 5) is 1.26. The summed E-state index contributed by atoms with van der Waals surface area (Å²) >= 11 is 8.34. The van der Waals surface area contributed by atoms with Gasteiger partial charge in [0.05, 0.1) is 11.6 Å². The van der Waals surface area contributed by atoms with Gasteiger partial charge in [-0.1, -0.05) is 41.9 Å². The molecular formula is C19H22ClNOS. The van der Waals surface area contributed by atoms with E-state index >= 15 is 0 Å². The van der Waals surface area contributed by atoms with Crippen molar-refractivity contribution in [3.8, 4) is 0 Å². The molecule has 0 aromatic heterocycles. The van der Waals surface area contributed by atoms with Crippen LogP contribution in [0.4, 0.5) is 0 Å². The molecule has 0 amide bonds. The van der Waals surface area contributed by atoms with E-state index in [9.17, 15) is 0 Å². The van der Waals surface area contributed by atoms with Crippen LogP contribution in [0.15, 0.2) is 41.3 Å². The van der Waals surface area contributed by atoms with E-state index < -0.39 is 0 Å². The molecule has 0 saturated carbocycles. The van der Waals surface area contributed by atoms with Gasteiger partial charge in [-0.05, 0) is 54.3 Å². The van der Waals surface area contributed by atoms with Crippen molar-refractivity contribution in [2.45, 2.75) is 30.1 Å². The summed E-state index contributed by atoms with van der Waals surface area (Å²) in [6, 6.07) is 12.9. The number of hydrogen-bond acceptors (Lipinski definition) is 3. The van der Waals surface area contributed by atoms with Gasteiger partial charge < -0.3 is 10.1 Å². The molecule has 0 aliphatic carbocycles. The quantitative estimate of drug-likeness (QED) is 0.806. The van der Waals surface area contributed by atoms with Gasteiger partial charge >= 0.3 is 0 Å². The molecule has 4 heteroatoms. The van der Waals surface area contributed by atoms with E-state index in [1.807, 2.05) is 11.8 Å². The smallest absolute Gasteiger partial charge is 0.0713 e. The highest BCUT2D eigenvalue weighted by Gasteiger charge is 2.15. The number of thioether (sulfide) groups is 1. The molecule has 2 nitrogen and oxygen atoms in total. The number of benzene rings is 2. The van der Waals surface area contributed by atoms with Gasteiger partial charge in [-0.2, -0.15) is 0 Å². The van der Waals surface area contributed by atoms with Gasteiger partial charge in [0.2, 0.25) is 0 Å². The number of rotatable bonds is 5. The first-order valence-corrected chi connectivity index (χ1v) is 9.35. The van der Waals surface area contributed by atoms with Gasteiger partial charge in [0, 0.05) is 17.8 Å². The van der Waals surface area contributed by atoms with E-state index in [1.54, 1.807) is 7.11 Å². The van der Waals surface area contributed by atoms with Crippen molar-refractivity contribution < 1.29 is 4.74 Å². The van der Waals surface area contributed by atoms with E-state index in [1.165, 1.54) is 27.1 Å². The SMILES string of the molecule is COCc1ccc(CSc2c(Cl)ccc3c2CCNCC3)cc1. The third-order valence-corrected chi connectivity index (χ3v) is 5.81. The molecule has 0 radical (unpaired) electrons. The highest BCUT2D eigenvalue weighted by atomic mass is 35.5. The number of hydrogen-bond donors (Lipinski definition) is 1. The van der Waals surface area contributed by atoms with Crippen molar-refractivity contribution >= 4 is 23.4 Å². The summed E-state index contributed by atoms with van der Waals surface area (Å²) in [6.07, 6.45) is 2.15. The van der Waals surface area contributed by atoms with Crippen LogP contribution in [0.2, 0.25) is 5.02 Å². The summed E-state index contributed by atoms with van der Waals surface area (Å²) < 4.78 is 5.16. The average Bonchev–Trinajstić information content (AvgIpc) is 2.81. The van der Waals surface area contributed by atoms with Gasteiger partial charge in [-0.15, -0.1) is 11.8 Å². The largest absolute Gasteiger partial charge is 0.380 e. The molecule has 0 unspecified atom stereocenters. The Bertz CT molecular complexity index is 657. The molecule has 1 N–H and O–H groups in total. The fourth-order valence-electron chi connectivity index (χ4n) is 2.92. The molecule has 0 bridgehead atoms. The molecule has 2 aromatic rings. The Morgan fingerprint density at radius 2 is 1.78 bits per heavy atom. The van der Waals surface area contributed by atoms with E-state index in [0.717, 1.165) is 36.7 Å². The monoisotopic (exact) mass is 347 g/mol. The van der Waals surface area contributed by atoms with E-state index in [4.69, 9.17) is 16.3 Å². The van der Waals surface area contributed by atoms with E-state index in [2.05, 4.69) is 41.7 Å². The third-order valence-electron chi connectivity index (χ3n) is 4.15. The van der Waals surface area contributed by atoms with E-state index in [-0.39, 0.29) is 0 Å². The van der Waals surface area contributed by atoms with Crippen LogP contribution in [-0.4, -0.2) is 20.2 Å². The maximum Gasteiger partial charge on any atom is 0.0713 e. The minimum atomic E-state index is 0.665. The zero-order valence-electron chi connectivity index (χ0n) is 13.4. The van der Waals surface area contributed by atoms with Crippen molar-refractivity contribution in [3.63, 3.8) is 0 Å². The Morgan fingerprint density at radius 3 is 2.57 bits per heavy atom. The third kappa shape index (κ3) is 4.30. The van der Waals surface area contributed by atoms with Crippen LogP contribution in [0.1, 0.15) is 22.3 Å². The van der Waals surface area contributed by atoms with Crippen LogP contribution < -0.4 is 5.32 Å². The topological polar surface area (TPSA) is 21.3 Å². The lowest BCUT2D eigenvalue weighted by Crippen LogP contribution is -2.16. The first-order valence-electron chi connectivity index (χ1n) is 7.98. The van der Waals surface area contributed by atoms with Gasteiger partial charge in [-0.25, -0.2) is 0 Å². The molecule has 1 aliphatic heterocycles. The normalized spacial score (nSPS) is 14.3. The first-order chi connectivity index (χ1) is 11.3. The lowest BCUT2D eigenvalue weighted by atomic mass is 10.0. The van der Waals surface area contributed by atoms with Crippen molar-refractivity contribution in [1.29, 1.82) is 0 Å². The van der Waals surface area contributed by atoms with Crippen LogP contribution >= 0.6 is 23.4 Å². The van der Waals surface area contributed by atoms with Gasteiger partial charge in [-0.3, -0.25) is 0 Å². The van der Waals surface area contributed by atoms with Crippen LogP contribution in [0, 0.1) is 0 Å². The van der Waals surface area contributed by atoms with Gasteiger partial charge in [0.1, 0.15) is 0 Å². The lowest BCUT2D eigenvalue weighted by Gasteiger charge is -2.14. The Kier molecular flexibility index (Phi) is 6.01. The van der Waals surface area contributed by atoms with E-state index in [0.29, 0.717) is 6.61 Å². The van der Waals surface area contributed by atoms with Crippen molar-refractivity contribution in [3.05, 3.63) is 63.7 Å². The first kappa shape index (κ1) is 16.8. The Balaban J connectivity index is 1.75. The second kappa shape index (κ2) is 8.20. The predicted molar refractivity (Wildman–Crippen MR) is 98.4 cm³/mol. The molecule has 0 fully saturated rings. The summed E-state index contributed by atoms with van der Waals surface area (Å²) in [5.41, 5.74) is 5.40. The summed E-state index contributed by atoms with van der Waals surface area (Å²) in [7, 11) is 1.72. The minimum absolute atomic E-state index is 0.665. The Morgan fingerprint density at radius 1 is 1.04 bits per heavy atom. The zero-order chi connectivity index (χ0) is 16.1. The summed E-state index contributed by atoms with van der Waals surface area (Å²) in [5, 5.41) is 4.35. The Hall–Kier alpha value is -1.00. The molecule has 1 aliphatic rings. The molecule has 1 heterocycles. The maximum atomic E-state index is 6.49. The fourth-order valence-corrected chi connectivity index (χ4v) is 4.38. The second-order valence-electron chi connectivity index (χ2n) is 5.80. The van der Waals surface area contributed by atoms with Crippen molar-refractivity contribution in [2.24, 2.45) is 0 Å². The molecule has 2 aromatic carbocycles. The Labute approximate surface area is 147 Å². The number of fused-ring (bicyclic) bond motifs is 1. The van der Waals surface area contributed by atoms with Crippen LogP contribution in [0.25, 0.3) is 0 Å². The molecule has 0 saturated heterocycles. The minimum Gasteiger partial charge on any atom is -0.380 e. The molecule has 23 heavy (non-hydrogen) atoms. The standard InChI is InChI=1S/C19H22ClNOS/c1-22-12-14-2-4-15(5-3-14)13-23-19-17-9-11-21-10-8-16(17)6-7-18(19)20/h2-7,21H,8-13H2,1H3. The number of halogens is 1.